The Balaban J connectivity index is 2.08. The molecular formula is C16H25N3O. The van der Waals surface area contributed by atoms with Gasteiger partial charge in [-0.05, 0) is 51.8 Å². The Bertz CT molecular complexity index is 484. The minimum Gasteiger partial charge on any atom is -0.326 e. The molecule has 1 unspecified atom stereocenters. The number of hydrogen-bond donors (Lipinski definition) is 2. The van der Waals surface area contributed by atoms with Crippen molar-refractivity contribution in [1.29, 1.82) is 0 Å². The van der Waals surface area contributed by atoms with E-state index in [0.717, 1.165) is 30.6 Å². The molecule has 0 saturated carbocycles. The van der Waals surface area contributed by atoms with Gasteiger partial charge in [-0.25, -0.2) is 0 Å². The van der Waals surface area contributed by atoms with Crippen molar-refractivity contribution in [1.82, 2.24) is 4.90 Å². The minimum atomic E-state index is -0.127. The number of nitrogens with one attached hydrogen (secondary N) is 1. The Morgan fingerprint density at radius 3 is 2.75 bits per heavy atom. The summed E-state index contributed by atoms with van der Waals surface area (Å²) in [7, 11) is 0. The van der Waals surface area contributed by atoms with Crippen molar-refractivity contribution in [3.63, 3.8) is 0 Å². The highest BCUT2D eigenvalue weighted by molar-refractivity contribution is 5.95. The van der Waals surface area contributed by atoms with E-state index >= 15 is 0 Å². The lowest BCUT2D eigenvalue weighted by Gasteiger charge is -2.35. The van der Waals surface area contributed by atoms with E-state index < -0.39 is 0 Å². The third-order valence-corrected chi connectivity index (χ3v) is 4.31. The first kappa shape index (κ1) is 15.0. The summed E-state index contributed by atoms with van der Waals surface area (Å²) >= 11 is 0. The molecule has 4 heteroatoms. The highest BCUT2D eigenvalue weighted by Crippen LogP contribution is 2.30. The molecule has 1 amide bonds. The Kier molecular flexibility index (Phi) is 4.45. The van der Waals surface area contributed by atoms with Gasteiger partial charge in [0, 0.05) is 17.8 Å². The maximum absolute atomic E-state index is 12.5. The number of anilines is 1. The Morgan fingerprint density at radius 2 is 2.15 bits per heavy atom. The summed E-state index contributed by atoms with van der Waals surface area (Å²) in [6, 6.07) is 7.57. The topological polar surface area (TPSA) is 58.4 Å². The van der Waals surface area contributed by atoms with E-state index in [2.05, 4.69) is 24.1 Å². The molecule has 20 heavy (non-hydrogen) atoms. The molecule has 1 aliphatic heterocycles. The maximum Gasteiger partial charge on any atom is 0.241 e. The maximum atomic E-state index is 12.5. The van der Waals surface area contributed by atoms with E-state index in [4.69, 9.17) is 5.73 Å². The fourth-order valence-corrected chi connectivity index (χ4v) is 3.05. The van der Waals surface area contributed by atoms with Crippen LogP contribution in [0.4, 0.5) is 5.69 Å². The van der Waals surface area contributed by atoms with Gasteiger partial charge in [-0.3, -0.25) is 9.69 Å². The lowest BCUT2D eigenvalue weighted by molar-refractivity contribution is -0.122. The summed E-state index contributed by atoms with van der Waals surface area (Å²) in [5, 5.41) is 3.02. The third kappa shape index (κ3) is 3.02. The van der Waals surface area contributed by atoms with Crippen molar-refractivity contribution >= 4 is 11.6 Å². The molecule has 1 fully saturated rings. The average molecular weight is 275 g/mol. The van der Waals surface area contributed by atoms with E-state index in [0.29, 0.717) is 6.54 Å². The fraction of sp³-hybridized carbons (Fsp3) is 0.562. The van der Waals surface area contributed by atoms with Crippen LogP contribution < -0.4 is 11.1 Å². The number of nitrogens with two attached hydrogens (primary N) is 1. The zero-order chi connectivity index (χ0) is 14.8. The van der Waals surface area contributed by atoms with Crippen LogP contribution in [-0.2, 0) is 11.3 Å². The van der Waals surface area contributed by atoms with Crippen LogP contribution in [-0.4, -0.2) is 28.9 Å². The fourth-order valence-electron chi connectivity index (χ4n) is 3.05. The lowest BCUT2D eigenvalue weighted by Crippen LogP contribution is -2.49. The number of amides is 1. The summed E-state index contributed by atoms with van der Waals surface area (Å²) in [5.74, 6) is 0.0425. The summed E-state index contributed by atoms with van der Waals surface area (Å²) in [4.78, 5) is 14.7. The van der Waals surface area contributed by atoms with Crippen LogP contribution in [0.15, 0.2) is 24.3 Å². The van der Waals surface area contributed by atoms with Gasteiger partial charge in [-0.15, -0.1) is 0 Å². The van der Waals surface area contributed by atoms with Crippen molar-refractivity contribution in [2.24, 2.45) is 5.73 Å². The Hall–Kier alpha value is -1.39. The smallest absolute Gasteiger partial charge is 0.241 e. The van der Waals surface area contributed by atoms with Crippen molar-refractivity contribution in [3.8, 4) is 0 Å². The number of rotatable bonds is 4. The average Bonchev–Trinajstić information content (AvgIpc) is 2.78. The predicted molar refractivity (Wildman–Crippen MR) is 82.4 cm³/mol. The first-order chi connectivity index (χ1) is 9.45. The first-order valence-corrected chi connectivity index (χ1v) is 7.31. The second-order valence-electron chi connectivity index (χ2n) is 6.14. The second kappa shape index (κ2) is 5.94. The van der Waals surface area contributed by atoms with Gasteiger partial charge >= 0.3 is 0 Å². The van der Waals surface area contributed by atoms with Crippen LogP contribution in [0.2, 0.25) is 0 Å². The van der Waals surface area contributed by atoms with Crippen molar-refractivity contribution in [2.75, 3.05) is 11.9 Å². The van der Waals surface area contributed by atoms with Crippen LogP contribution in [0, 0.1) is 0 Å². The molecule has 4 nitrogen and oxygen atoms in total. The molecule has 1 atom stereocenters. The van der Waals surface area contributed by atoms with E-state index in [1.807, 2.05) is 31.2 Å². The number of benzene rings is 1. The van der Waals surface area contributed by atoms with E-state index in [9.17, 15) is 4.79 Å². The normalized spacial score (nSPS) is 19.8. The molecule has 1 aliphatic rings. The van der Waals surface area contributed by atoms with Gasteiger partial charge in [0.25, 0.3) is 0 Å². The van der Waals surface area contributed by atoms with E-state index in [-0.39, 0.29) is 17.5 Å². The standard InChI is InChI=1S/C16H25N3O/c1-12(19-10-6-9-16(19,2)3)15(20)18-14-8-5-4-7-13(14)11-17/h4-5,7-8,12H,6,9-11,17H2,1-3H3,(H,18,20). The monoisotopic (exact) mass is 275 g/mol. The number of carbonyl (C=O) groups excluding carboxylic acids is 1. The molecule has 1 aromatic carbocycles. The number of hydrogen-bond acceptors (Lipinski definition) is 3. The molecule has 0 spiro atoms. The van der Waals surface area contributed by atoms with Crippen LogP contribution in [0.25, 0.3) is 0 Å². The third-order valence-electron chi connectivity index (χ3n) is 4.31. The zero-order valence-electron chi connectivity index (χ0n) is 12.6. The molecule has 1 saturated heterocycles. The number of nitrogens with zero attached hydrogens (tertiary/aromatic N) is 1. The summed E-state index contributed by atoms with van der Waals surface area (Å²) in [5.41, 5.74) is 7.60. The largest absolute Gasteiger partial charge is 0.326 e. The zero-order valence-corrected chi connectivity index (χ0v) is 12.6. The molecule has 0 aromatic heterocycles. The van der Waals surface area contributed by atoms with Gasteiger partial charge in [-0.2, -0.15) is 0 Å². The summed E-state index contributed by atoms with van der Waals surface area (Å²) < 4.78 is 0. The van der Waals surface area contributed by atoms with Crippen LogP contribution in [0.5, 0.6) is 0 Å². The molecule has 0 radical (unpaired) electrons. The van der Waals surface area contributed by atoms with Gasteiger partial charge in [0.1, 0.15) is 0 Å². The molecule has 3 N–H and O–H groups in total. The first-order valence-electron chi connectivity index (χ1n) is 7.31. The SMILES string of the molecule is CC(C(=O)Nc1ccccc1CN)N1CCCC1(C)C. The minimum absolute atomic E-state index is 0.0425. The predicted octanol–water partition coefficient (Wildman–Crippen LogP) is 2.35. The molecule has 1 heterocycles. The van der Waals surface area contributed by atoms with Gasteiger partial charge < -0.3 is 11.1 Å². The van der Waals surface area contributed by atoms with Crippen LogP contribution >= 0.6 is 0 Å². The molecule has 110 valence electrons. The highest BCUT2D eigenvalue weighted by atomic mass is 16.2. The number of likely N-dealkylation sites (tertiary alicyclic amines) is 1. The highest BCUT2D eigenvalue weighted by Gasteiger charge is 2.37. The summed E-state index contributed by atoms with van der Waals surface area (Å²) in [6.07, 6.45) is 2.30. The van der Waals surface area contributed by atoms with E-state index in [1.54, 1.807) is 0 Å². The van der Waals surface area contributed by atoms with Gasteiger partial charge in [-0.1, -0.05) is 18.2 Å². The van der Waals surface area contributed by atoms with Crippen molar-refractivity contribution < 1.29 is 4.79 Å². The second-order valence-corrected chi connectivity index (χ2v) is 6.14. The molecule has 1 aromatic rings. The Morgan fingerprint density at radius 1 is 1.45 bits per heavy atom. The van der Waals surface area contributed by atoms with Gasteiger partial charge in [0.05, 0.1) is 6.04 Å². The molecular weight excluding hydrogens is 250 g/mol. The number of carbonyl (C=O) groups is 1. The van der Waals surface area contributed by atoms with Gasteiger partial charge in [0.2, 0.25) is 5.91 Å². The Labute approximate surface area is 121 Å². The number of para-hydroxylation sites is 1. The van der Waals surface area contributed by atoms with Crippen molar-refractivity contribution in [3.05, 3.63) is 29.8 Å². The molecule has 0 aliphatic carbocycles. The van der Waals surface area contributed by atoms with Crippen LogP contribution in [0.3, 0.4) is 0 Å². The quantitative estimate of drug-likeness (QED) is 0.887. The van der Waals surface area contributed by atoms with Crippen molar-refractivity contribution in [2.45, 2.75) is 51.7 Å². The molecule has 0 bridgehead atoms. The van der Waals surface area contributed by atoms with E-state index in [1.165, 1.54) is 0 Å². The van der Waals surface area contributed by atoms with Gasteiger partial charge in [0.15, 0.2) is 0 Å². The summed E-state index contributed by atoms with van der Waals surface area (Å²) in [6.45, 7) is 7.81. The lowest BCUT2D eigenvalue weighted by atomic mass is 10.0. The molecule has 2 rings (SSSR count). The van der Waals surface area contributed by atoms with Crippen LogP contribution in [0.1, 0.15) is 39.2 Å².